The molecule has 2 aromatic carbocycles. The van der Waals surface area contributed by atoms with E-state index in [1.165, 1.54) is 0 Å². The molecular weight excluding hydrogens is 352 g/mol. The first-order chi connectivity index (χ1) is 13.6. The van der Waals surface area contributed by atoms with Gasteiger partial charge in [-0.05, 0) is 38.5 Å². The number of nitrogens with zero attached hydrogens (tertiary/aromatic N) is 2. The number of aryl methyl sites for hydroxylation is 1. The number of carbonyl (C=O) groups excluding carboxylic acids is 1. The maximum atomic E-state index is 12.7. The van der Waals surface area contributed by atoms with E-state index in [1.54, 1.807) is 19.1 Å². The maximum Gasteiger partial charge on any atom is 0.274 e. The van der Waals surface area contributed by atoms with E-state index in [0.29, 0.717) is 35.4 Å². The zero-order valence-corrected chi connectivity index (χ0v) is 16.3. The van der Waals surface area contributed by atoms with Crippen molar-refractivity contribution in [2.45, 2.75) is 26.8 Å². The highest BCUT2D eigenvalue weighted by Gasteiger charge is 2.14. The third-order valence-electron chi connectivity index (χ3n) is 4.17. The summed E-state index contributed by atoms with van der Waals surface area (Å²) < 4.78 is 5.56. The third kappa shape index (κ3) is 4.85. The van der Waals surface area contributed by atoms with Crippen LogP contribution in [0.15, 0.2) is 60.7 Å². The molecule has 28 heavy (non-hydrogen) atoms. The van der Waals surface area contributed by atoms with E-state index in [-0.39, 0.29) is 11.9 Å². The maximum absolute atomic E-state index is 12.7. The minimum Gasteiger partial charge on any atom is -0.492 e. The van der Waals surface area contributed by atoms with E-state index < -0.39 is 0 Å². The van der Waals surface area contributed by atoms with Gasteiger partial charge in [-0.25, -0.2) is 9.97 Å². The lowest BCUT2D eigenvalue weighted by molar-refractivity contribution is 0.102. The fourth-order valence-electron chi connectivity index (χ4n) is 2.84. The minimum absolute atomic E-state index is 0.0464. The number of aromatic nitrogens is 2. The lowest BCUT2D eigenvalue weighted by Gasteiger charge is -2.16. The van der Waals surface area contributed by atoms with Gasteiger partial charge in [0.2, 0.25) is 0 Å². The molecule has 0 saturated carbocycles. The second-order valence-electron chi connectivity index (χ2n) is 6.35. The van der Waals surface area contributed by atoms with E-state index in [2.05, 4.69) is 20.6 Å². The smallest absolute Gasteiger partial charge is 0.274 e. The molecule has 1 amide bonds. The van der Waals surface area contributed by atoms with Gasteiger partial charge in [0.15, 0.2) is 0 Å². The van der Waals surface area contributed by atoms with E-state index >= 15 is 0 Å². The van der Waals surface area contributed by atoms with Crippen LogP contribution in [0.1, 0.15) is 41.8 Å². The van der Waals surface area contributed by atoms with Gasteiger partial charge in [0, 0.05) is 12.1 Å². The monoisotopic (exact) mass is 376 g/mol. The number of para-hydroxylation sites is 2. The Morgan fingerprint density at radius 2 is 1.79 bits per heavy atom. The normalized spacial score (nSPS) is 11.5. The fourth-order valence-corrected chi connectivity index (χ4v) is 2.84. The molecule has 0 aliphatic carbocycles. The Bertz CT molecular complexity index is 944. The van der Waals surface area contributed by atoms with Crippen LogP contribution in [0.25, 0.3) is 0 Å². The van der Waals surface area contributed by atoms with Crippen molar-refractivity contribution in [3.05, 3.63) is 77.7 Å². The molecule has 0 saturated heterocycles. The predicted molar refractivity (Wildman–Crippen MR) is 111 cm³/mol. The van der Waals surface area contributed by atoms with Gasteiger partial charge in [-0.1, -0.05) is 42.5 Å². The Labute approximate surface area is 165 Å². The zero-order chi connectivity index (χ0) is 19.9. The Balaban J connectivity index is 1.78. The van der Waals surface area contributed by atoms with Crippen LogP contribution >= 0.6 is 0 Å². The molecule has 1 unspecified atom stereocenters. The topological polar surface area (TPSA) is 76.1 Å². The summed E-state index contributed by atoms with van der Waals surface area (Å²) in [4.78, 5) is 21.4. The summed E-state index contributed by atoms with van der Waals surface area (Å²) >= 11 is 0. The molecule has 0 aliphatic heterocycles. The van der Waals surface area contributed by atoms with E-state index in [4.69, 9.17) is 4.74 Å². The Morgan fingerprint density at radius 1 is 1.07 bits per heavy atom. The lowest BCUT2D eigenvalue weighted by atomic mass is 10.1. The summed E-state index contributed by atoms with van der Waals surface area (Å²) in [6.45, 7) is 6.23. The molecule has 3 rings (SSSR count). The lowest BCUT2D eigenvalue weighted by Crippen LogP contribution is -2.17. The number of hydrogen-bond acceptors (Lipinski definition) is 5. The second kappa shape index (κ2) is 8.99. The van der Waals surface area contributed by atoms with Crippen molar-refractivity contribution in [1.82, 2.24) is 9.97 Å². The van der Waals surface area contributed by atoms with Crippen LogP contribution in [0.2, 0.25) is 0 Å². The van der Waals surface area contributed by atoms with Crippen LogP contribution in [-0.2, 0) is 0 Å². The van der Waals surface area contributed by atoms with Crippen LogP contribution < -0.4 is 15.4 Å². The average molecular weight is 376 g/mol. The van der Waals surface area contributed by atoms with Crippen LogP contribution in [0.5, 0.6) is 5.75 Å². The number of benzene rings is 2. The van der Waals surface area contributed by atoms with Crippen molar-refractivity contribution in [1.29, 1.82) is 0 Å². The first kappa shape index (κ1) is 19.4. The summed E-state index contributed by atoms with van der Waals surface area (Å²) in [7, 11) is 0. The highest BCUT2D eigenvalue weighted by atomic mass is 16.5. The van der Waals surface area contributed by atoms with Crippen molar-refractivity contribution in [2.24, 2.45) is 0 Å². The Kier molecular flexibility index (Phi) is 6.22. The molecule has 0 fully saturated rings. The molecule has 0 spiro atoms. The van der Waals surface area contributed by atoms with Gasteiger partial charge in [0.1, 0.15) is 23.1 Å². The van der Waals surface area contributed by atoms with Crippen molar-refractivity contribution in [2.75, 3.05) is 17.2 Å². The van der Waals surface area contributed by atoms with Crippen LogP contribution in [0.3, 0.4) is 0 Å². The molecule has 6 heteroatoms. The van der Waals surface area contributed by atoms with Gasteiger partial charge < -0.3 is 15.4 Å². The number of amides is 1. The summed E-state index contributed by atoms with van der Waals surface area (Å²) in [6.07, 6.45) is 0. The molecule has 0 bridgehead atoms. The van der Waals surface area contributed by atoms with Crippen molar-refractivity contribution < 1.29 is 9.53 Å². The number of rotatable bonds is 7. The van der Waals surface area contributed by atoms with Crippen molar-refractivity contribution >= 4 is 17.4 Å². The highest BCUT2D eigenvalue weighted by Crippen LogP contribution is 2.24. The molecule has 3 aromatic rings. The fraction of sp³-hybridized carbons (Fsp3) is 0.227. The number of anilines is 2. The Hall–Kier alpha value is -3.41. The van der Waals surface area contributed by atoms with Crippen LogP contribution in [0, 0.1) is 6.92 Å². The highest BCUT2D eigenvalue weighted by molar-refractivity contribution is 6.04. The van der Waals surface area contributed by atoms with E-state index in [9.17, 15) is 4.79 Å². The molecule has 1 heterocycles. The van der Waals surface area contributed by atoms with E-state index in [1.807, 2.05) is 62.4 Å². The number of nitrogens with one attached hydrogen (secondary N) is 2. The summed E-state index contributed by atoms with van der Waals surface area (Å²) in [5.41, 5.74) is 2.04. The Morgan fingerprint density at radius 3 is 2.54 bits per heavy atom. The van der Waals surface area contributed by atoms with Crippen molar-refractivity contribution in [3.8, 4) is 5.75 Å². The molecule has 0 aliphatic rings. The predicted octanol–water partition coefficient (Wildman–Crippen LogP) is 4.61. The zero-order valence-electron chi connectivity index (χ0n) is 16.3. The number of carbonyl (C=O) groups is 1. The molecule has 2 N–H and O–H groups in total. The van der Waals surface area contributed by atoms with Gasteiger partial charge in [-0.15, -0.1) is 0 Å². The first-order valence-corrected chi connectivity index (χ1v) is 9.27. The van der Waals surface area contributed by atoms with Crippen LogP contribution in [-0.4, -0.2) is 22.5 Å². The molecular formula is C22H24N4O2. The SMILES string of the molecule is CCOc1ccccc1NC(=O)c1cc(NC(C)c2ccccc2)nc(C)n1. The third-order valence-corrected chi connectivity index (χ3v) is 4.17. The first-order valence-electron chi connectivity index (χ1n) is 9.27. The van der Waals surface area contributed by atoms with Gasteiger partial charge in [0.05, 0.1) is 12.3 Å². The standard InChI is InChI=1S/C22H24N4O2/c1-4-28-20-13-9-8-12-18(20)26-22(27)19-14-21(25-16(3)24-19)23-15(2)17-10-6-5-7-11-17/h5-15H,4H2,1-3H3,(H,26,27)(H,23,24,25). The van der Waals surface area contributed by atoms with Gasteiger partial charge in [-0.2, -0.15) is 0 Å². The summed E-state index contributed by atoms with van der Waals surface area (Å²) in [6, 6.07) is 19.1. The quantitative estimate of drug-likeness (QED) is 0.630. The van der Waals surface area contributed by atoms with E-state index in [0.717, 1.165) is 5.56 Å². The number of ether oxygens (including phenoxy) is 1. The van der Waals surface area contributed by atoms with Gasteiger partial charge in [-0.3, -0.25) is 4.79 Å². The summed E-state index contributed by atoms with van der Waals surface area (Å²) in [5.74, 6) is 1.44. The molecule has 144 valence electrons. The molecule has 1 aromatic heterocycles. The second-order valence-corrected chi connectivity index (χ2v) is 6.35. The molecule has 1 atom stereocenters. The van der Waals surface area contributed by atoms with Crippen molar-refractivity contribution in [3.63, 3.8) is 0 Å². The van der Waals surface area contributed by atoms with Gasteiger partial charge in [0.25, 0.3) is 5.91 Å². The number of hydrogen-bond donors (Lipinski definition) is 2. The van der Waals surface area contributed by atoms with Gasteiger partial charge >= 0.3 is 0 Å². The van der Waals surface area contributed by atoms with Crippen LogP contribution in [0.4, 0.5) is 11.5 Å². The average Bonchev–Trinajstić information content (AvgIpc) is 2.70. The molecule has 6 nitrogen and oxygen atoms in total. The minimum atomic E-state index is -0.312. The molecule has 0 radical (unpaired) electrons. The summed E-state index contributed by atoms with van der Waals surface area (Å²) in [5, 5.41) is 6.20. The largest absolute Gasteiger partial charge is 0.492 e.